The van der Waals surface area contributed by atoms with Crippen LogP contribution >= 0.6 is 23.2 Å². The molecule has 118 valence electrons. The minimum Gasteiger partial charge on any atom is -0.482 e. The van der Waals surface area contributed by atoms with Gasteiger partial charge in [-0.05, 0) is 29.8 Å². The highest BCUT2D eigenvalue weighted by molar-refractivity contribution is 6.35. The highest BCUT2D eigenvalue weighted by atomic mass is 35.5. The Morgan fingerprint density at radius 3 is 2.70 bits per heavy atom. The Kier molecular flexibility index (Phi) is 6.66. The van der Waals surface area contributed by atoms with Gasteiger partial charge >= 0.3 is 0 Å². The number of hydrogen-bond acceptors (Lipinski definition) is 3. The molecule has 0 bridgehead atoms. The Bertz CT molecular complexity index is 716. The van der Waals surface area contributed by atoms with Gasteiger partial charge in [-0.1, -0.05) is 59.6 Å². The number of hydrazone groups is 1. The summed E-state index contributed by atoms with van der Waals surface area (Å²) in [6.45, 7) is -0.193. The number of benzene rings is 2. The molecule has 2 aromatic rings. The number of nitrogens with zero attached hydrogens (tertiary/aromatic N) is 1. The number of allylic oxidation sites excluding steroid dienone is 1. The molecule has 0 aromatic heterocycles. The van der Waals surface area contributed by atoms with E-state index in [1.165, 1.54) is 6.21 Å². The van der Waals surface area contributed by atoms with Crippen LogP contribution in [0.5, 0.6) is 5.75 Å². The fraction of sp³-hybridized carbons (Fsp3) is 0.0588. The number of nitrogens with one attached hydrogen (secondary N) is 1. The molecule has 0 radical (unpaired) electrons. The van der Waals surface area contributed by atoms with Gasteiger partial charge in [0.25, 0.3) is 5.91 Å². The molecule has 0 saturated heterocycles. The van der Waals surface area contributed by atoms with Crippen molar-refractivity contribution in [1.29, 1.82) is 0 Å². The molecule has 2 aromatic carbocycles. The molecule has 0 aliphatic rings. The maximum absolute atomic E-state index is 11.6. The summed E-state index contributed by atoms with van der Waals surface area (Å²) in [7, 11) is 0. The van der Waals surface area contributed by atoms with E-state index in [2.05, 4.69) is 10.5 Å². The summed E-state index contributed by atoms with van der Waals surface area (Å²) < 4.78 is 5.29. The van der Waals surface area contributed by atoms with Crippen LogP contribution < -0.4 is 10.2 Å². The van der Waals surface area contributed by atoms with Crippen molar-refractivity contribution >= 4 is 41.4 Å². The third-order valence-electron chi connectivity index (χ3n) is 2.69. The summed E-state index contributed by atoms with van der Waals surface area (Å²) in [6.07, 6.45) is 5.09. The van der Waals surface area contributed by atoms with Crippen molar-refractivity contribution in [3.05, 3.63) is 70.2 Å². The molecule has 6 heteroatoms. The van der Waals surface area contributed by atoms with E-state index in [1.54, 1.807) is 24.3 Å². The first-order valence-electron chi connectivity index (χ1n) is 6.76. The number of hydrogen-bond donors (Lipinski definition) is 1. The smallest absolute Gasteiger partial charge is 0.277 e. The lowest BCUT2D eigenvalue weighted by Crippen LogP contribution is -2.24. The molecule has 0 fully saturated rings. The van der Waals surface area contributed by atoms with Gasteiger partial charge in [-0.15, -0.1) is 0 Å². The van der Waals surface area contributed by atoms with Crippen molar-refractivity contribution in [3.8, 4) is 5.75 Å². The molecular formula is C17H14Cl2N2O2. The molecule has 0 aliphatic heterocycles. The number of ether oxygens (including phenoxy) is 1. The van der Waals surface area contributed by atoms with Crippen LogP contribution in [-0.4, -0.2) is 18.7 Å². The predicted molar refractivity (Wildman–Crippen MR) is 94.1 cm³/mol. The molecular weight excluding hydrogens is 335 g/mol. The van der Waals surface area contributed by atoms with E-state index in [1.807, 2.05) is 36.4 Å². The molecule has 0 unspecified atom stereocenters. The largest absolute Gasteiger partial charge is 0.482 e. The molecule has 0 heterocycles. The summed E-state index contributed by atoms with van der Waals surface area (Å²) in [5.41, 5.74) is 3.40. The van der Waals surface area contributed by atoms with Gasteiger partial charge < -0.3 is 4.74 Å². The van der Waals surface area contributed by atoms with Crippen molar-refractivity contribution in [2.75, 3.05) is 6.61 Å². The summed E-state index contributed by atoms with van der Waals surface area (Å²) in [4.78, 5) is 11.6. The molecule has 1 N–H and O–H groups in total. The fourth-order valence-corrected chi connectivity index (χ4v) is 2.10. The predicted octanol–water partition coefficient (Wildman–Crippen LogP) is 4.19. The first-order valence-corrected chi connectivity index (χ1v) is 7.52. The van der Waals surface area contributed by atoms with E-state index in [0.29, 0.717) is 15.8 Å². The molecule has 4 nitrogen and oxygen atoms in total. The van der Waals surface area contributed by atoms with Crippen molar-refractivity contribution in [3.63, 3.8) is 0 Å². The average Bonchev–Trinajstić information content (AvgIpc) is 2.54. The number of carbonyl (C=O) groups is 1. The summed E-state index contributed by atoms with van der Waals surface area (Å²) in [6, 6.07) is 14.5. The lowest BCUT2D eigenvalue weighted by atomic mass is 10.2. The topological polar surface area (TPSA) is 50.7 Å². The van der Waals surface area contributed by atoms with Crippen LogP contribution in [0.25, 0.3) is 6.08 Å². The standard InChI is InChI=1S/C17H14Cl2N2O2/c18-14-8-9-16(15(19)11-14)23-12-17(22)21-20-10-4-7-13-5-2-1-3-6-13/h1-11H,12H2,(H,21,22)/b7-4+,20-10+. The van der Waals surface area contributed by atoms with Crippen molar-refractivity contribution in [2.24, 2.45) is 5.10 Å². The van der Waals surface area contributed by atoms with Crippen molar-refractivity contribution in [1.82, 2.24) is 5.43 Å². The van der Waals surface area contributed by atoms with Crippen molar-refractivity contribution in [2.45, 2.75) is 0 Å². The van der Waals surface area contributed by atoms with E-state index >= 15 is 0 Å². The summed E-state index contributed by atoms with van der Waals surface area (Å²) in [5.74, 6) is -0.000419. The number of rotatable bonds is 6. The van der Waals surface area contributed by atoms with Gasteiger partial charge in [-0.3, -0.25) is 4.79 Å². The van der Waals surface area contributed by atoms with Crippen LogP contribution in [0.1, 0.15) is 5.56 Å². The normalized spacial score (nSPS) is 11.0. The zero-order valence-corrected chi connectivity index (χ0v) is 13.6. The van der Waals surface area contributed by atoms with Crippen molar-refractivity contribution < 1.29 is 9.53 Å². The van der Waals surface area contributed by atoms with E-state index < -0.39 is 0 Å². The second-order valence-corrected chi connectivity index (χ2v) is 5.29. The molecule has 1 amide bonds. The number of amides is 1. The maximum Gasteiger partial charge on any atom is 0.277 e. The van der Waals surface area contributed by atoms with E-state index in [0.717, 1.165) is 5.56 Å². The summed E-state index contributed by atoms with van der Waals surface area (Å²) >= 11 is 11.7. The van der Waals surface area contributed by atoms with Gasteiger partial charge in [-0.2, -0.15) is 5.10 Å². The molecule has 0 saturated carbocycles. The van der Waals surface area contributed by atoms with Crippen LogP contribution in [0.2, 0.25) is 10.0 Å². The fourth-order valence-electron chi connectivity index (χ4n) is 1.64. The van der Waals surface area contributed by atoms with Crippen LogP contribution in [-0.2, 0) is 4.79 Å². The van der Waals surface area contributed by atoms with Crippen LogP contribution in [0.3, 0.4) is 0 Å². The second kappa shape index (κ2) is 8.98. The first-order chi connectivity index (χ1) is 11.1. The highest BCUT2D eigenvalue weighted by Gasteiger charge is 2.05. The molecule has 0 atom stereocenters. The van der Waals surface area contributed by atoms with Gasteiger partial charge in [0, 0.05) is 11.2 Å². The average molecular weight is 349 g/mol. The van der Waals surface area contributed by atoms with Crippen LogP contribution in [0, 0.1) is 0 Å². The monoisotopic (exact) mass is 348 g/mol. The lowest BCUT2D eigenvalue weighted by Gasteiger charge is -2.06. The minimum atomic E-state index is -0.389. The van der Waals surface area contributed by atoms with E-state index in [-0.39, 0.29) is 12.5 Å². The van der Waals surface area contributed by atoms with Crippen LogP contribution in [0.15, 0.2) is 59.7 Å². The maximum atomic E-state index is 11.6. The third kappa shape index (κ3) is 6.14. The Labute approximate surface area is 144 Å². The Morgan fingerprint density at radius 2 is 1.96 bits per heavy atom. The highest BCUT2D eigenvalue weighted by Crippen LogP contribution is 2.27. The van der Waals surface area contributed by atoms with Gasteiger partial charge in [-0.25, -0.2) is 5.43 Å². The summed E-state index contributed by atoms with van der Waals surface area (Å²) in [5, 5.41) is 4.64. The Balaban J connectivity index is 1.74. The Hall–Kier alpha value is -2.30. The van der Waals surface area contributed by atoms with Gasteiger partial charge in [0.2, 0.25) is 0 Å². The van der Waals surface area contributed by atoms with Gasteiger partial charge in [0.15, 0.2) is 6.61 Å². The second-order valence-electron chi connectivity index (χ2n) is 4.45. The number of carbonyl (C=O) groups excluding carboxylic acids is 1. The Morgan fingerprint density at radius 1 is 1.17 bits per heavy atom. The zero-order chi connectivity index (χ0) is 16.5. The molecule has 0 spiro atoms. The van der Waals surface area contributed by atoms with Gasteiger partial charge in [0.05, 0.1) is 5.02 Å². The van der Waals surface area contributed by atoms with Crippen LogP contribution in [0.4, 0.5) is 0 Å². The van der Waals surface area contributed by atoms with Gasteiger partial charge in [0.1, 0.15) is 5.75 Å². The van der Waals surface area contributed by atoms with E-state index in [4.69, 9.17) is 27.9 Å². The third-order valence-corrected chi connectivity index (χ3v) is 3.22. The zero-order valence-electron chi connectivity index (χ0n) is 12.1. The molecule has 0 aliphatic carbocycles. The molecule has 23 heavy (non-hydrogen) atoms. The quantitative estimate of drug-likeness (QED) is 0.628. The van der Waals surface area contributed by atoms with E-state index in [9.17, 15) is 4.79 Å². The first kappa shape index (κ1) is 17.1. The minimum absolute atomic E-state index is 0.193. The lowest BCUT2D eigenvalue weighted by molar-refractivity contribution is -0.123. The number of halogens is 2. The molecule has 2 rings (SSSR count). The SMILES string of the molecule is O=C(COc1ccc(Cl)cc1Cl)N/N=C/C=C/c1ccccc1.